The summed E-state index contributed by atoms with van der Waals surface area (Å²) in [6.45, 7) is 7.57. The summed E-state index contributed by atoms with van der Waals surface area (Å²) < 4.78 is 6.21. The maximum absolute atomic E-state index is 13.5. The Balaban J connectivity index is 1.39. The van der Waals surface area contributed by atoms with Crippen molar-refractivity contribution in [3.63, 3.8) is 0 Å². The van der Waals surface area contributed by atoms with Crippen LogP contribution < -0.4 is 10.2 Å². The highest BCUT2D eigenvalue weighted by Crippen LogP contribution is 2.42. The van der Waals surface area contributed by atoms with Gasteiger partial charge in [-0.15, -0.1) is 0 Å². The number of nitrogens with zero attached hydrogens (tertiary/aromatic N) is 3. The van der Waals surface area contributed by atoms with Gasteiger partial charge in [0.1, 0.15) is 5.75 Å². The molecule has 0 radical (unpaired) electrons. The van der Waals surface area contributed by atoms with E-state index in [0.717, 1.165) is 42.9 Å². The number of hydrazine groups is 1. The molecule has 2 unspecified atom stereocenters. The number of hydrogen-bond donors (Lipinski definition) is 1. The summed E-state index contributed by atoms with van der Waals surface area (Å²) in [5, 5.41) is 11.0. The fourth-order valence-corrected chi connectivity index (χ4v) is 4.81. The molecule has 0 spiro atoms. The summed E-state index contributed by atoms with van der Waals surface area (Å²) in [6, 6.07) is 25.1. The van der Waals surface area contributed by atoms with Gasteiger partial charge < -0.3 is 15.1 Å². The summed E-state index contributed by atoms with van der Waals surface area (Å²) in [5.41, 5.74) is 8.81. The van der Waals surface area contributed by atoms with Crippen molar-refractivity contribution in [3.05, 3.63) is 107 Å². The second kappa shape index (κ2) is 10.4. The van der Waals surface area contributed by atoms with E-state index < -0.39 is 6.23 Å². The van der Waals surface area contributed by atoms with Crippen molar-refractivity contribution in [2.75, 3.05) is 19.6 Å². The molecule has 3 aromatic carbocycles. The fraction of sp³-hybridized carbons (Fsp3) is 0.267. The molecule has 182 valence electrons. The summed E-state index contributed by atoms with van der Waals surface area (Å²) in [7, 11) is 0. The number of nitriles is 1. The van der Waals surface area contributed by atoms with Gasteiger partial charge in [0.2, 0.25) is 12.0 Å². The first kappa shape index (κ1) is 23.8. The molecule has 0 bridgehead atoms. The van der Waals surface area contributed by atoms with Gasteiger partial charge in [-0.05, 0) is 67.0 Å². The molecule has 2 aliphatic rings. The van der Waals surface area contributed by atoms with Crippen LogP contribution >= 0.6 is 0 Å². The molecule has 3 aromatic rings. The topological polar surface area (TPSA) is 68.6 Å². The zero-order valence-corrected chi connectivity index (χ0v) is 20.6. The lowest BCUT2D eigenvalue weighted by Crippen LogP contribution is -2.52. The number of nitrogens with one attached hydrogen (secondary N) is 1. The molecule has 2 aliphatic heterocycles. The van der Waals surface area contributed by atoms with Crippen molar-refractivity contribution < 1.29 is 9.53 Å². The molecule has 36 heavy (non-hydrogen) atoms. The van der Waals surface area contributed by atoms with E-state index in [9.17, 15) is 4.79 Å². The van der Waals surface area contributed by atoms with E-state index in [1.165, 1.54) is 5.56 Å². The van der Waals surface area contributed by atoms with Gasteiger partial charge in [0, 0.05) is 17.7 Å². The summed E-state index contributed by atoms with van der Waals surface area (Å²) in [5.74, 6) is 0.546. The van der Waals surface area contributed by atoms with Gasteiger partial charge >= 0.3 is 0 Å². The van der Waals surface area contributed by atoms with Crippen LogP contribution in [-0.4, -0.2) is 41.6 Å². The molecule has 0 fully saturated rings. The lowest BCUT2D eigenvalue weighted by atomic mass is 10.00. The number of fused-ring (bicyclic) bond motifs is 3. The van der Waals surface area contributed by atoms with E-state index in [2.05, 4.69) is 60.6 Å². The molecule has 1 N–H and O–H groups in total. The number of para-hydroxylation sites is 1. The SMILES string of the molecule is CCN(CC)CCc1ccc(C2=CC3c4ccccc4OC(C(=O)c4ccc(C#N)cc4)N3N2)cc1. The first-order valence-corrected chi connectivity index (χ1v) is 12.5. The van der Waals surface area contributed by atoms with Crippen LogP contribution in [0, 0.1) is 11.3 Å². The minimum absolute atomic E-state index is 0.139. The third-order valence-electron chi connectivity index (χ3n) is 7.00. The Kier molecular flexibility index (Phi) is 6.86. The predicted octanol–water partition coefficient (Wildman–Crippen LogP) is 4.95. The zero-order valence-electron chi connectivity index (χ0n) is 20.6. The van der Waals surface area contributed by atoms with Crippen LogP contribution in [0.2, 0.25) is 0 Å². The van der Waals surface area contributed by atoms with E-state index in [1.54, 1.807) is 24.3 Å². The number of rotatable bonds is 8. The molecule has 0 aromatic heterocycles. The number of ether oxygens (including phenoxy) is 1. The van der Waals surface area contributed by atoms with E-state index in [0.29, 0.717) is 16.9 Å². The maximum atomic E-state index is 13.5. The van der Waals surface area contributed by atoms with Crippen molar-refractivity contribution in [2.24, 2.45) is 0 Å². The summed E-state index contributed by atoms with van der Waals surface area (Å²) in [4.78, 5) is 15.9. The second-order valence-electron chi connectivity index (χ2n) is 9.08. The van der Waals surface area contributed by atoms with E-state index in [1.807, 2.05) is 29.3 Å². The number of likely N-dealkylation sites (N-methyl/N-ethyl adjacent to an activating group) is 1. The number of carbonyl (C=O) groups is 1. The van der Waals surface area contributed by atoms with Crippen LogP contribution in [0.5, 0.6) is 5.75 Å². The van der Waals surface area contributed by atoms with Gasteiger partial charge in [-0.2, -0.15) is 10.3 Å². The highest BCUT2D eigenvalue weighted by molar-refractivity contribution is 6.00. The van der Waals surface area contributed by atoms with Crippen LogP contribution in [0.4, 0.5) is 0 Å². The van der Waals surface area contributed by atoms with Gasteiger partial charge in [0.15, 0.2) is 0 Å². The number of Topliss-reactive ketones (excluding diaryl/α,β-unsaturated/α-hetero) is 1. The molecular weight excluding hydrogens is 448 g/mol. The molecule has 2 heterocycles. The molecule has 0 aliphatic carbocycles. The number of carbonyl (C=O) groups excluding carboxylic acids is 1. The van der Waals surface area contributed by atoms with Crippen molar-refractivity contribution in [1.82, 2.24) is 15.3 Å². The third kappa shape index (κ3) is 4.64. The van der Waals surface area contributed by atoms with E-state index in [-0.39, 0.29) is 11.8 Å². The van der Waals surface area contributed by atoms with Crippen molar-refractivity contribution in [2.45, 2.75) is 32.5 Å². The van der Waals surface area contributed by atoms with Gasteiger partial charge in [-0.3, -0.25) is 4.79 Å². The average Bonchev–Trinajstić information content (AvgIpc) is 3.39. The first-order chi connectivity index (χ1) is 17.6. The normalized spacial score (nSPS) is 18.4. The Bertz CT molecular complexity index is 1300. The van der Waals surface area contributed by atoms with Gasteiger partial charge in [0.05, 0.1) is 23.4 Å². The number of ketones is 1. The molecule has 0 amide bonds. The second-order valence-corrected chi connectivity index (χ2v) is 9.08. The number of hydrogen-bond acceptors (Lipinski definition) is 6. The smallest absolute Gasteiger partial charge is 0.233 e. The van der Waals surface area contributed by atoms with Gasteiger partial charge in [-0.1, -0.05) is 56.3 Å². The van der Waals surface area contributed by atoms with Crippen molar-refractivity contribution >= 4 is 11.5 Å². The monoisotopic (exact) mass is 478 g/mol. The van der Waals surface area contributed by atoms with Crippen molar-refractivity contribution in [3.8, 4) is 11.8 Å². The highest BCUT2D eigenvalue weighted by atomic mass is 16.5. The van der Waals surface area contributed by atoms with E-state index in [4.69, 9.17) is 10.00 Å². The Morgan fingerprint density at radius 2 is 1.75 bits per heavy atom. The van der Waals surface area contributed by atoms with Crippen LogP contribution in [0.15, 0.2) is 78.9 Å². The molecule has 5 rings (SSSR count). The Morgan fingerprint density at radius 3 is 2.44 bits per heavy atom. The van der Waals surface area contributed by atoms with Crippen LogP contribution in [0.1, 0.15) is 52.5 Å². The minimum Gasteiger partial charge on any atom is -0.465 e. The standard InChI is InChI=1S/C30H30N4O2/c1-3-33(4-2)18-17-21-9-13-23(14-10-21)26-19-27-25-7-5-6-8-28(25)36-30(34(27)32-26)29(35)24-15-11-22(20-31)12-16-24/h5-16,19,27,30,32H,3-4,17-18H2,1-2H3. The van der Waals surface area contributed by atoms with Gasteiger partial charge in [0.25, 0.3) is 0 Å². The molecule has 2 atom stereocenters. The van der Waals surface area contributed by atoms with Crippen LogP contribution in [0.3, 0.4) is 0 Å². The summed E-state index contributed by atoms with van der Waals surface area (Å²) >= 11 is 0. The predicted molar refractivity (Wildman–Crippen MR) is 140 cm³/mol. The molecule has 6 nitrogen and oxygen atoms in total. The zero-order chi connectivity index (χ0) is 25.1. The van der Waals surface area contributed by atoms with Crippen molar-refractivity contribution in [1.29, 1.82) is 5.26 Å². The average molecular weight is 479 g/mol. The molecule has 0 saturated carbocycles. The Morgan fingerprint density at radius 1 is 1.03 bits per heavy atom. The van der Waals surface area contributed by atoms with Crippen LogP contribution in [-0.2, 0) is 6.42 Å². The largest absolute Gasteiger partial charge is 0.465 e. The van der Waals surface area contributed by atoms with Gasteiger partial charge in [-0.25, -0.2) is 0 Å². The first-order valence-electron chi connectivity index (χ1n) is 12.5. The van der Waals surface area contributed by atoms with E-state index >= 15 is 0 Å². The minimum atomic E-state index is -0.833. The lowest BCUT2D eigenvalue weighted by molar-refractivity contribution is -0.0151. The Hall–Kier alpha value is -3.92. The highest BCUT2D eigenvalue weighted by Gasteiger charge is 2.43. The maximum Gasteiger partial charge on any atom is 0.233 e. The molecule has 6 heteroatoms. The lowest BCUT2D eigenvalue weighted by Gasteiger charge is -2.37. The fourth-order valence-electron chi connectivity index (χ4n) is 4.81. The summed E-state index contributed by atoms with van der Waals surface area (Å²) in [6.07, 6.45) is 2.34. The molecular formula is C30H30N4O2. The Labute approximate surface area is 212 Å². The molecule has 0 saturated heterocycles. The van der Waals surface area contributed by atoms with Crippen LogP contribution in [0.25, 0.3) is 5.70 Å². The quantitative estimate of drug-likeness (QED) is 0.462. The third-order valence-corrected chi connectivity index (χ3v) is 7.00. The number of benzene rings is 3.